The van der Waals surface area contributed by atoms with E-state index in [0.29, 0.717) is 22.3 Å². The largest absolute Gasteiger partial charge is 0.507 e. The van der Waals surface area contributed by atoms with Crippen LogP contribution in [0.4, 0.5) is 0 Å². The van der Waals surface area contributed by atoms with Crippen molar-refractivity contribution in [2.45, 2.75) is 26.2 Å². The number of hydrogen-bond acceptors (Lipinski definition) is 4. The fraction of sp³-hybridized carbons (Fsp3) is 0.211. The second kappa shape index (κ2) is 7.72. The first-order valence-electron chi connectivity index (χ1n) is 8.15. The van der Waals surface area contributed by atoms with Gasteiger partial charge in [-0.05, 0) is 42.8 Å². The maximum atomic E-state index is 13.0. The number of aromatic nitrogens is 2. The van der Waals surface area contributed by atoms with Crippen LogP contribution in [0.3, 0.4) is 0 Å². The van der Waals surface area contributed by atoms with E-state index in [2.05, 4.69) is 41.9 Å². The minimum atomic E-state index is -0.239. The Morgan fingerprint density at radius 3 is 2.65 bits per heavy atom. The van der Waals surface area contributed by atoms with Crippen molar-refractivity contribution in [3.05, 3.63) is 67.1 Å². The van der Waals surface area contributed by atoms with Crippen molar-refractivity contribution in [1.82, 2.24) is 9.66 Å². The average molecular weight is 479 g/mol. The lowest BCUT2D eigenvalue weighted by Crippen LogP contribution is -2.23. The maximum Gasteiger partial charge on any atom is 0.282 e. The molecular weight excluding hydrogens is 462 g/mol. The van der Waals surface area contributed by atoms with Crippen molar-refractivity contribution >= 4 is 49.0 Å². The van der Waals surface area contributed by atoms with E-state index in [9.17, 15) is 9.90 Å². The van der Waals surface area contributed by atoms with Crippen molar-refractivity contribution in [3.8, 4) is 5.75 Å². The van der Waals surface area contributed by atoms with Crippen molar-refractivity contribution < 1.29 is 5.11 Å². The normalized spacial score (nSPS) is 12.8. The van der Waals surface area contributed by atoms with Crippen LogP contribution in [0, 0.1) is 0 Å². The molecule has 1 heterocycles. The lowest BCUT2D eigenvalue weighted by molar-refractivity contribution is 0.474. The molecule has 3 aromatic rings. The fourth-order valence-electron chi connectivity index (χ4n) is 2.53. The van der Waals surface area contributed by atoms with E-state index in [-0.39, 0.29) is 17.2 Å². The predicted octanol–water partition coefficient (Wildman–Crippen LogP) is 5.02. The first kappa shape index (κ1) is 18.8. The minimum absolute atomic E-state index is 0.0593. The van der Waals surface area contributed by atoms with E-state index in [0.717, 1.165) is 15.4 Å². The van der Waals surface area contributed by atoms with Crippen LogP contribution in [0.2, 0.25) is 0 Å². The van der Waals surface area contributed by atoms with E-state index in [4.69, 9.17) is 0 Å². The van der Waals surface area contributed by atoms with Gasteiger partial charge in [-0.2, -0.15) is 9.78 Å². The van der Waals surface area contributed by atoms with E-state index in [1.165, 1.54) is 10.9 Å². The van der Waals surface area contributed by atoms with Crippen molar-refractivity contribution in [1.29, 1.82) is 0 Å². The topological polar surface area (TPSA) is 67.5 Å². The monoisotopic (exact) mass is 477 g/mol. The van der Waals surface area contributed by atoms with Crippen LogP contribution in [0.1, 0.15) is 37.6 Å². The highest BCUT2D eigenvalue weighted by Gasteiger charge is 2.15. The Kier molecular flexibility index (Phi) is 5.58. The highest BCUT2D eigenvalue weighted by atomic mass is 79.9. The molecule has 0 radical (unpaired) electrons. The second-order valence-electron chi connectivity index (χ2n) is 6.01. The summed E-state index contributed by atoms with van der Waals surface area (Å²) in [5.41, 5.74) is 0.915. The van der Waals surface area contributed by atoms with Crippen LogP contribution >= 0.6 is 31.9 Å². The Morgan fingerprint density at radius 2 is 1.92 bits per heavy atom. The van der Waals surface area contributed by atoms with Gasteiger partial charge >= 0.3 is 0 Å². The number of halogens is 2. The zero-order valence-electron chi connectivity index (χ0n) is 14.3. The van der Waals surface area contributed by atoms with E-state index in [1.807, 2.05) is 26.0 Å². The lowest BCUT2D eigenvalue weighted by atomic mass is 10.1. The molecule has 0 saturated heterocycles. The minimum Gasteiger partial charge on any atom is -0.507 e. The smallest absolute Gasteiger partial charge is 0.282 e. The molecule has 2 aromatic carbocycles. The maximum absolute atomic E-state index is 13.0. The van der Waals surface area contributed by atoms with Gasteiger partial charge < -0.3 is 5.11 Å². The molecule has 7 heteroatoms. The summed E-state index contributed by atoms with van der Waals surface area (Å²) in [5.74, 6) is 0.744. The van der Waals surface area contributed by atoms with Crippen LogP contribution in [0.5, 0.6) is 5.75 Å². The summed E-state index contributed by atoms with van der Waals surface area (Å²) in [6, 6.07) is 10.5. The van der Waals surface area contributed by atoms with Crippen LogP contribution < -0.4 is 5.56 Å². The molecule has 1 atom stereocenters. The molecule has 0 unspecified atom stereocenters. The SMILES string of the molecule is CC[C@H](C)c1nc2ccc(Br)cc2c(=O)n1N=Cc1cc(Br)ccc1O. The number of benzene rings is 2. The molecule has 5 nitrogen and oxygen atoms in total. The molecule has 3 rings (SSSR count). The van der Waals surface area contributed by atoms with Gasteiger partial charge in [0, 0.05) is 20.4 Å². The molecule has 0 aliphatic heterocycles. The number of rotatable bonds is 4. The number of phenolic OH excluding ortho intramolecular Hbond substituents is 1. The van der Waals surface area contributed by atoms with Gasteiger partial charge in [0.05, 0.1) is 17.1 Å². The molecule has 0 spiro atoms. The van der Waals surface area contributed by atoms with Crippen molar-refractivity contribution in [2.75, 3.05) is 0 Å². The highest BCUT2D eigenvalue weighted by Crippen LogP contribution is 2.22. The summed E-state index contributed by atoms with van der Waals surface area (Å²) in [4.78, 5) is 17.7. The van der Waals surface area contributed by atoms with Gasteiger partial charge in [-0.25, -0.2) is 4.98 Å². The Morgan fingerprint density at radius 1 is 1.23 bits per heavy atom. The van der Waals surface area contributed by atoms with Gasteiger partial charge in [0.1, 0.15) is 11.6 Å². The number of nitrogens with zero attached hydrogens (tertiary/aromatic N) is 3. The number of phenols is 1. The van der Waals surface area contributed by atoms with Gasteiger partial charge in [0.2, 0.25) is 0 Å². The molecule has 26 heavy (non-hydrogen) atoms. The molecule has 0 aliphatic rings. The molecular formula is C19H17Br2N3O2. The molecule has 134 valence electrons. The fourth-order valence-corrected chi connectivity index (χ4v) is 3.27. The van der Waals surface area contributed by atoms with E-state index < -0.39 is 0 Å². The molecule has 0 fully saturated rings. The molecule has 0 aliphatic carbocycles. The summed E-state index contributed by atoms with van der Waals surface area (Å²) >= 11 is 6.76. The van der Waals surface area contributed by atoms with Gasteiger partial charge in [-0.15, -0.1) is 0 Å². The molecule has 0 saturated carbocycles. The van der Waals surface area contributed by atoms with Gasteiger partial charge in [-0.3, -0.25) is 4.79 Å². The van der Waals surface area contributed by atoms with E-state index in [1.54, 1.807) is 24.3 Å². The second-order valence-corrected chi connectivity index (χ2v) is 7.84. The Bertz CT molecular complexity index is 1060. The zero-order valence-corrected chi connectivity index (χ0v) is 17.5. The van der Waals surface area contributed by atoms with Gasteiger partial charge in [0.15, 0.2) is 0 Å². The third-order valence-electron chi connectivity index (χ3n) is 4.19. The Labute approximate surface area is 167 Å². The first-order chi connectivity index (χ1) is 12.4. The predicted molar refractivity (Wildman–Crippen MR) is 111 cm³/mol. The molecule has 0 amide bonds. The Hall–Kier alpha value is -1.99. The zero-order chi connectivity index (χ0) is 18.8. The Balaban J connectivity index is 2.22. The van der Waals surface area contributed by atoms with Gasteiger partial charge in [0.25, 0.3) is 5.56 Å². The standard InChI is InChI=1S/C19H17Br2N3O2/c1-3-11(2)18-23-16-6-4-14(21)9-15(16)19(26)24(18)22-10-12-8-13(20)5-7-17(12)25/h4-11,25H,3H2,1-2H3/t11-/m0/s1. The molecule has 1 aromatic heterocycles. The van der Waals surface area contributed by atoms with Crippen LogP contribution in [-0.2, 0) is 0 Å². The van der Waals surface area contributed by atoms with E-state index >= 15 is 0 Å². The highest BCUT2D eigenvalue weighted by molar-refractivity contribution is 9.10. The number of fused-ring (bicyclic) bond motifs is 1. The van der Waals surface area contributed by atoms with Crippen molar-refractivity contribution in [3.63, 3.8) is 0 Å². The van der Waals surface area contributed by atoms with Crippen LogP contribution in [-0.4, -0.2) is 21.0 Å². The van der Waals surface area contributed by atoms with Gasteiger partial charge in [-0.1, -0.05) is 45.7 Å². The number of hydrogen-bond donors (Lipinski definition) is 1. The molecule has 0 bridgehead atoms. The average Bonchev–Trinajstić information content (AvgIpc) is 2.63. The quantitative estimate of drug-likeness (QED) is 0.535. The summed E-state index contributed by atoms with van der Waals surface area (Å²) in [7, 11) is 0. The summed E-state index contributed by atoms with van der Waals surface area (Å²) in [5, 5.41) is 14.8. The first-order valence-corrected chi connectivity index (χ1v) is 9.74. The number of aromatic hydroxyl groups is 1. The summed E-state index contributed by atoms with van der Waals surface area (Å²) < 4.78 is 2.94. The lowest BCUT2D eigenvalue weighted by Gasteiger charge is -2.14. The third kappa shape index (κ3) is 3.73. The molecule has 1 N–H and O–H groups in total. The van der Waals surface area contributed by atoms with Crippen molar-refractivity contribution in [2.24, 2.45) is 5.10 Å². The van der Waals surface area contributed by atoms with Crippen LogP contribution in [0.25, 0.3) is 10.9 Å². The van der Waals surface area contributed by atoms with Crippen LogP contribution in [0.15, 0.2) is 55.2 Å². The summed E-state index contributed by atoms with van der Waals surface area (Å²) in [6.07, 6.45) is 2.30. The summed E-state index contributed by atoms with van der Waals surface area (Å²) in [6.45, 7) is 4.05. The third-order valence-corrected chi connectivity index (χ3v) is 5.17.